The van der Waals surface area contributed by atoms with Gasteiger partial charge in [0.1, 0.15) is 12.6 Å². The van der Waals surface area contributed by atoms with E-state index in [4.69, 9.17) is 0 Å². The number of hydrogen-bond donors (Lipinski definition) is 1. The summed E-state index contributed by atoms with van der Waals surface area (Å²) >= 11 is 3.47. The Morgan fingerprint density at radius 1 is 0.800 bits per heavy atom. The molecule has 9 heteroatoms. The molecular weight excluding hydrogens is 650 g/mol. The zero-order valence-electron chi connectivity index (χ0n) is 25.9. The summed E-state index contributed by atoms with van der Waals surface area (Å²) < 4.78 is 30.5. The average Bonchev–Trinajstić information content (AvgIpc) is 3.06. The summed E-state index contributed by atoms with van der Waals surface area (Å²) in [4.78, 5) is 30.1. The van der Waals surface area contributed by atoms with Gasteiger partial charge in [0, 0.05) is 23.5 Å². The molecule has 0 fully saturated rings. The minimum Gasteiger partial charge on any atom is -0.352 e. The number of sulfonamides is 1. The topological polar surface area (TPSA) is 86.8 Å². The second kappa shape index (κ2) is 15.9. The van der Waals surface area contributed by atoms with Crippen LogP contribution >= 0.6 is 15.9 Å². The predicted molar refractivity (Wildman–Crippen MR) is 183 cm³/mol. The van der Waals surface area contributed by atoms with Gasteiger partial charge in [-0.05, 0) is 66.8 Å². The van der Waals surface area contributed by atoms with E-state index >= 15 is 0 Å². The summed E-state index contributed by atoms with van der Waals surface area (Å²) in [5, 5.41) is 3.07. The summed E-state index contributed by atoms with van der Waals surface area (Å²) in [6.45, 7) is 5.50. The van der Waals surface area contributed by atoms with Crippen LogP contribution in [-0.4, -0.2) is 43.8 Å². The van der Waals surface area contributed by atoms with Crippen LogP contribution < -0.4 is 9.62 Å². The number of halogens is 1. The first-order valence-electron chi connectivity index (χ1n) is 15.2. The molecule has 2 atom stereocenters. The van der Waals surface area contributed by atoms with Gasteiger partial charge in [0.05, 0.1) is 10.6 Å². The highest BCUT2D eigenvalue weighted by Gasteiger charge is 2.35. The van der Waals surface area contributed by atoms with Gasteiger partial charge >= 0.3 is 0 Å². The Morgan fingerprint density at radius 2 is 1.40 bits per heavy atom. The van der Waals surface area contributed by atoms with E-state index in [1.165, 1.54) is 21.3 Å². The summed E-state index contributed by atoms with van der Waals surface area (Å²) in [5.41, 5.74) is 2.93. The minimum absolute atomic E-state index is 0.0820. The Morgan fingerprint density at radius 3 is 2.02 bits per heavy atom. The van der Waals surface area contributed by atoms with Crippen molar-refractivity contribution in [3.8, 4) is 0 Å². The largest absolute Gasteiger partial charge is 0.352 e. The zero-order valence-corrected chi connectivity index (χ0v) is 28.3. The second-order valence-corrected chi connectivity index (χ2v) is 13.8. The molecule has 1 N–H and O–H groups in total. The lowest BCUT2D eigenvalue weighted by molar-refractivity contribution is -0.140. The number of para-hydroxylation sites is 1. The number of rotatable bonds is 14. The second-order valence-electron chi connectivity index (χ2n) is 11.0. The highest BCUT2D eigenvalue weighted by Crippen LogP contribution is 2.28. The van der Waals surface area contributed by atoms with Crippen LogP contribution in [0.25, 0.3) is 0 Å². The smallest absolute Gasteiger partial charge is 0.264 e. The summed E-state index contributed by atoms with van der Waals surface area (Å²) in [7, 11) is -4.14. The number of carbonyl (C=O) groups excluding carboxylic acids is 2. The lowest BCUT2D eigenvalue weighted by Crippen LogP contribution is -2.54. The summed E-state index contributed by atoms with van der Waals surface area (Å²) in [5.74, 6) is -0.770. The van der Waals surface area contributed by atoms with Crippen molar-refractivity contribution in [2.45, 2.75) is 63.6 Å². The van der Waals surface area contributed by atoms with Crippen LogP contribution in [-0.2, 0) is 39.0 Å². The van der Waals surface area contributed by atoms with Crippen molar-refractivity contribution in [3.63, 3.8) is 0 Å². The maximum absolute atomic E-state index is 14.6. The van der Waals surface area contributed by atoms with Crippen molar-refractivity contribution in [2.75, 3.05) is 10.8 Å². The molecule has 0 unspecified atom stereocenters. The van der Waals surface area contributed by atoms with Gasteiger partial charge in [-0.3, -0.25) is 13.9 Å². The van der Waals surface area contributed by atoms with Gasteiger partial charge in [-0.2, -0.15) is 0 Å². The highest BCUT2D eigenvalue weighted by atomic mass is 79.9. The van der Waals surface area contributed by atoms with E-state index < -0.39 is 28.5 Å². The Kier molecular flexibility index (Phi) is 12.0. The van der Waals surface area contributed by atoms with Crippen molar-refractivity contribution in [1.82, 2.24) is 10.2 Å². The molecule has 0 radical (unpaired) electrons. The normalized spacial score (nSPS) is 12.6. The molecular formula is C36H40BrN3O4S. The molecule has 4 aromatic carbocycles. The molecule has 0 heterocycles. The van der Waals surface area contributed by atoms with E-state index in [2.05, 4.69) is 21.2 Å². The summed E-state index contributed by atoms with van der Waals surface area (Å²) in [6.07, 6.45) is 1.56. The quantitative estimate of drug-likeness (QED) is 0.159. The first kappa shape index (κ1) is 33.9. The standard InChI is InChI=1S/C36H40BrN3O4S/c1-4-27(3)38-36(42)34(24-28-14-8-6-9-15-28)39(25-29-20-22-31(37)23-21-29)35(41)26-40(33-19-13-12-16-30(33)5-2)45(43,44)32-17-10-7-11-18-32/h6-23,27,34H,4-5,24-26H2,1-3H3,(H,38,42)/t27-,34+/m1/s1. The molecule has 0 spiro atoms. The van der Waals surface area contributed by atoms with E-state index in [9.17, 15) is 18.0 Å². The SMILES string of the molecule is CCc1ccccc1N(CC(=O)N(Cc1ccc(Br)cc1)[C@@H](Cc1ccccc1)C(=O)N[C@H](C)CC)S(=O)(=O)c1ccccc1. The molecule has 0 aliphatic rings. The monoisotopic (exact) mass is 689 g/mol. The van der Waals surface area contributed by atoms with Crippen LogP contribution in [0.3, 0.4) is 0 Å². The molecule has 0 aliphatic carbocycles. The van der Waals surface area contributed by atoms with Gasteiger partial charge in [0.25, 0.3) is 10.0 Å². The number of hydrogen-bond acceptors (Lipinski definition) is 4. The van der Waals surface area contributed by atoms with E-state index in [1.54, 1.807) is 30.3 Å². The minimum atomic E-state index is -4.14. The molecule has 2 amide bonds. The van der Waals surface area contributed by atoms with E-state index in [1.807, 2.05) is 87.5 Å². The first-order chi connectivity index (χ1) is 21.6. The first-order valence-corrected chi connectivity index (χ1v) is 17.4. The Bertz CT molecular complexity index is 1670. The number of carbonyl (C=O) groups is 2. The van der Waals surface area contributed by atoms with Crippen LogP contribution in [0.15, 0.2) is 119 Å². The van der Waals surface area contributed by atoms with Crippen LogP contribution in [0.4, 0.5) is 5.69 Å². The molecule has 0 aromatic heterocycles. The molecule has 0 bridgehead atoms. The average molecular weight is 691 g/mol. The Labute approximate surface area is 275 Å². The van der Waals surface area contributed by atoms with Gasteiger partial charge in [-0.25, -0.2) is 8.42 Å². The molecule has 7 nitrogen and oxygen atoms in total. The van der Waals surface area contributed by atoms with Crippen molar-refractivity contribution in [1.29, 1.82) is 0 Å². The highest BCUT2D eigenvalue weighted by molar-refractivity contribution is 9.10. The molecule has 4 rings (SSSR count). The Balaban J connectivity index is 1.82. The third kappa shape index (κ3) is 8.83. The third-order valence-electron chi connectivity index (χ3n) is 7.79. The number of anilines is 1. The Hall–Kier alpha value is -3.95. The van der Waals surface area contributed by atoms with Crippen molar-refractivity contribution in [2.24, 2.45) is 0 Å². The maximum Gasteiger partial charge on any atom is 0.264 e. The van der Waals surface area contributed by atoms with Gasteiger partial charge in [0.15, 0.2) is 0 Å². The van der Waals surface area contributed by atoms with Crippen LogP contribution in [0.5, 0.6) is 0 Å². The number of benzene rings is 4. The third-order valence-corrected chi connectivity index (χ3v) is 10.1. The number of amides is 2. The van der Waals surface area contributed by atoms with E-state index in [0.29, 0.717) is 12.1 Å². The molecule has 236 valence electrons. The van der Waals surface area contributed by atoms with Crippen LogP contribution in [0, 0.1) is 0 Å². The van der Waals surface area contributed by atoms with Crippen molar-refractivity contribution >= 4 is 43.5 Å². The molecule has 0 saturated heterocycles. The van der Waals surface area contributed by atoms with Gasteiger partial charge < -0.3 is 10.2 Å². The van der Waals surface area contributed by atoms with E-state index in [-0.39, 0.29) is 29.8 Å². The molecule has 4 aromatic rings. The van der Waals surface area contributed by atoms with Gasteiger partial charge in [-0.15, -0.1) is 0 Å². The fraction of sp³-hybridized carbons (Fsp3) is 0.278. The van der Waals surface area contributed by atoms with Crippen LogP contribution in [0.2, 0.25) is 0 Å². The van der Waals surface area contributed by atoms with Crippen LogP contribution in [0.1, 0.15) is 43.9 Å². The fourth-order valence-electron chi connectivity index (χ4n) is 5.07. The van der Waals surface area contributed by atoms with Gasteiger partial charge in [0.2, 0.25) is 11.8 Å². The number of nitrogens with one attached hydrogen (secondary N) is 1. The number of nitrogens with zero attached hydrogens (tertiary/aromatic N) is 2. The molecule has 0 saturated carbocycles. The lowest BCUT2D eigenvalue weighted by Gasteiger charge is -2.34. The summed E-state index contributed by atoms with van der Waals surface area (Å²) in [6, 6.07) is 31.4. The lowest BCUT2D eigenvalue weighted by atomic mass is 10.0. The van der Waals surface area contributed by atoms with Crippen molar-refractivity contribution < 1.29 is 18.0 Å². The van der Waals surface area contributed by atoms with Crippen molar-refractivity contribution in [3.05, 3.63) is 130 Å². The predicted octanol–water partition coefficient (Wildman–Crippen LogP) is 6.76. The number of aryl methyl sites for hydroxylation is 1. The molecule has 0 aliphatic heterocycles. The maximum atomic E-state index is 14.6. The fourth-order valence-corrected chi connectivity index (χ4v) is 6.81. The molecule has 45 heavy (non-hydrogen) atoms. The van der Waals surface area contributed by atoms with Gasteiger partial charge in [-0.1, -0.05) is 109 Å². The van der Waals surface area contributed by atoms with E-state index in [0.717, 1.165) is 27.6 Å². The zero-order chi connectivity index (χ0) is 32.4.